The zero-order valence-corrected chi connectivity index (χ0v) is 19.0. The van der Waals surface area contributed by atoms with Crippen molar-refractivity contribution in [3.8, 4) is 5.69 Å². The molecule has 4 aromatic rings. The van der Waals surface area contributed by atoms with Crippen LogP contribution in [0.3, 0.4) is 0 Å². The number of thioether (sulfide) groups is 1. The molecule has 0 aliphatic heterocycles. The molecule has 34 heavy (non-hydrogen) atoms. The number of rotatable bonds is 6. The smallest absolute Gasteiger partial charge is 0.351 e. The zero-order valence-electron chi connectivity index (χ0n) is 17.5. The van der Waals surface area contributed by atoms with Crippen LogP contribution in [0.4, 0.5) is 13.2 Å². The zero-order chi connectivity index (χ0) is 24.3. The van der Waals surface area contributed by atoms with Gasteiger partial charge in [-0.3, -0.25) is 14.2 Å². The Bertz CT molecular complexity index is 1420. The molecule has 0 aliphatic carbocycles. The van der Waals surface area contributed by atoms with Gasteiger partial charge in [-0.1, -0.05) is 53.7 Å². The van der Waals surface area contributed by atoms with Gasteiger partial charge in [0.15, 0.2) is 5.16 Å². The van der Waals surface area contributed by atoms with Crippen LogP contribution in [0.1, 0.15) is 11.1 Å². The molecule has 5 nitrogen and oxygen atoms in total. The Morgan fingerprint density at radius 3 is 2.56 bits per heavy atom. The van der Waals surface area contributed by atoms with E-state index < -0.39 is 17.6 Å². The molecule has 0 saturated heterocycles. The van der Waals surface area contributed by atoms with Crippen LogP contribution in [0.2, 0.25) is 5.02 Å². The van der Waals surface area contributed by atoms with Crippen molar-refractivity contribution in [2.24, 2.45) is 0 Å². The second-order valence-electron chi connectivity index (χ2n) is 7.30. The van der Waals surface area contributed by atoms with Crippen molar-refractivity contribution < 1.29 is 18.0 Å². The lowest BCUT2D eigenvalue weighted by molar-refractivity contribution is -0.137. The molecule has 1 aromatic heterocycles. The van der Waals surface area contributed by atoms with Crippen LogP contribution < -0.4 is 10.9 Å². The van der Waals surface area contributed by atoms with E-state index in [0.717, 1.165) is 23.9 Å². The molecule has 0 unspecified atom stereocenters. The Morgan fingerprint density at radius 1 is 1.03 bits per heavy atom. The number of carbonyl (C=O) groups is 1. The summed E-state index contributed by atoms with van der Waals surface area (Å²) < 4.78 is 40.1. The van der Waals surface area contributed by atoms with E-state index in [4.69, 9.17) is 11.6 Å². The van der Waals surface area contributed by atoms with Gasteiger partial charge in [-0.25, -0.2) is 4.98 Å². The van der Waals surface area contributed by atoms with Gasteiger partial charge in [-0.05, 0) is 48.0 Å². The first-order chi connectivity index (χ1) is 16.2. The minimum absolute atomic E-state index is 0.0600. The number of hydrogen-bond acceptors (Lipinski definition) is 4. The van der Waals surface area contributed by atoms with Crippen molar-refractivity contribution in [3.63, 3.8) is 0 Å². The summed E-state index contributed by atoms with van der Waals surface area (Å²) in [6.07, 6.45) is -4.46. The highest BCUT2D eigenvalue weighted by molar-refractivity contribution is 7.99. The number of para-hydroxylation sites is 1. The molecule has 0 radical (unpaired) electrons. The predicted octanol–water partition coefficient (Wildman–Crippen LogP) is 5.47. The molecule has 0 saturated carbocycles. The van der Waals surface area contributed by atoms with Crippen LogP contribution in [0.25, 0.3) is 16.6 Å². The summed E-state index contributed by atoms with van der Waals surface area (Å²) in [5.74, 6) is -0.507. The first-order valence-corrected chi connectivity index (χ1v) is 11.4. The molecule has 0 bridgehead atoms. The van der Waals surface area contributed by atoms with Crippen LogP contribution in [-0.4, -0.2) is 21.2 Å². The summed E-state index contributed by atoms with van der Waals surface area (Å²) in [5, 5.41) is 3.75. The number of halogens is 4. The van der Waals surface area contributed by atoms with Crippen molar-refractivity contribution in [3.05, 3.63) is 99.3 Å². The van der Waals surface area contributed by atoms with Crippen molar-refractivity contribution >= 4 is 40.2 Å². The molecule has 3 aromatic carbocycles. The molecule has 10 heteroatoms. The first kappa shape index (κ1) is 23.8. The van der Waals surface area contributed by atoms with E-state index in [2.05, 4.69) is 10.3 Å². The lowest BCUT2D eigenvalue weighted by atomic mass is 10.1. The summed E-state index contributed by atoms with van der Waals surface area (Å²) in [6.45, 7) is -0.0600. The first-order valence-electron chi connectivity index (χ1n) is 10.1. The molecule has 4 rings (SSSR count). The number of carbonyl (C=O) groups excluding carboxylic acids is 1. The summed E-state index contributed by atoms with van der Waals surface area (Å²) >= 11 is 7.15. The van der Waals surface area contributed by atoms with Gasteiger partial charge in [-0.2, -0.15) is 13.2 Å². The second kappa shape index (κ2) is 9.90. The number of alkyl halides is 3. The Kier molecular flexibility index (Phi) is 6.95. The number of nitrogens with one attached hydrogen (secondary N) is 1. The highest BCUT2D eigenvalue weighted by atomic mass is 35.5. The molecule has 1 amide bonds. The van der Waals surface area contributed by atoms with Gasteiger partial charge < -0.3 is 5.32 Å². The minimum Gasteiger partial charge on any atom is -0.351 e. The van der Waals surface area contributed by atoms with Crippen molar-refractivity contribution in [1.82, 2.24) is 14.9 Å². The van der Waals surface area contributed by atoms with Gasteiger partial charge in [0, 0.05) is 11.6 Å². The fraction of sp³-hybridized carbons (Fsp3) is 0.125. The number of benzene rings is 3. The molecule has 0 spiro atoms. The van der Waals surface area contributed by atoms with Crippen LogP contribution in [0.15, 0.2) is 82.7 Å². The summed E-state index contributed by atoms with van der Waals surface area (Å²) in [4.78, 5) is 30.2. The van der Waals surface area contributed by atoms with E-state index in [9.17, 15) is 22.8 Å². The quantitative estimate of drug-likeness (QED) is 0.280. The highest BCUT2D eigenvalue weighted by Crippen LogP contribution is 2.29. The molecular formula is C24H17ClF3N3O2S. The van der Waals surface area contributed by atoms with Crippen LogP contribution in [-0.2, 0) is 17.5 Å². The normalized spacial score (nSPS) is 11.5. The molecule has 174 valence electrons. The van der Waals surface area contributed by atoms with Gasteiger partial charge >= 0.3 is 6.18 Å². The maximum absolute atomic E-state index is 13.2. The number of fused-ring (bicyclic) bond motifs is 1. The number of amides is 1. The van der Waals surface area contributed by atoms with Gasteiger partial charge in [0.05, 0.1) is 27.9 Å². The standard InChI is InChI=1S/C24H17ClF3N3O2S/c25-17-7-4-8-18(12-17)31-22(33)19-9-1-2-10-20(19)30-23(31)34-14-21(32)29-13-15-5-3-6-16(11-15)24(26,27)28/h1-12H,13-14H2,(H,29,32). The fourth-order valence-electron chi connectivity index (χ4n) is 3.29. The van der Waals surface area contributed by atoms with Gasteiger partial charge in [0.25, 0.3) is 5.56 Å². The highest BCUT2D eigenvalue weighted by Gasteiger charge is 2.30. The third-order valence-electron chi connectivity index (χ3n) is 4.89. The van der Waals surface area contributed by atoms with E-state index in [1.807, 2.05) is 0 Å². The molecular weight excluding hydrogens is 487 g/mol. The summed E-state index contributed by atoms with van der Waals surface area (Å²) in [6, 6.07) is 18.4. The SMILES string of the molecule is O=C(CSc1nc2ccccc2c(=O)n1-c1cccc(Cl)c1)NCc1cccc(C(F)(F)F)c1. The predicted molar refractivity (Wildman–Crippen MR) is 126 cm³/mol. The van der Waals surface area contributed by atoms with Crippen molar-refractivity contribution in [1.29, 1.82) is 0 Å². The third-order valence-corrected chi connectivity index (χ3v) is 6.06. The molecule has 1 heterocycles. The average molecular weight is 504 g/mol. The van der Waals surface area contributed by atoms with Gasteiger partial charge in [0.1, 0.15) is 0 Å². The Morgan fingerprint density at radius 2 is 1.79 bits per heavy atom. The van der Waals surface area contributed by atoms with Crippen LogP contribution in [0, 0.1) is 0 Å². The Balaban J connectivity index is 1.55. The summed E-state index contributed by atoms with van der Waals surface area (Å²) in [7, 11) is 0. The minimum atomic E-state index is -4.46. The average Bonchev–Trinajstić information content (AvgIpc) is 2.81. The summed E-state index contributed by atoms with van der Waals surface area (Å²) in [5.41, 5.74) is 0.229. The third kappa shape index (κ3) is 5.43. The van der Waals surface area contributed by atoms with E-state index in [0.29, 0.717) is 32.3 Å². The van der Waals surface area contributed by atoms with Crippen LogP contribution in [0.5, 0.6) is 0 Å². The van der Waals surface area contributed by atoms with E-state index >= 15 is 0 Å². The van der Waals surface area contributed by atoms with Gasteiger partial charge in [0.2, 0.25) is 5.91 Å². The van der Waals surface area contributed by atoms with Crippen LogP contribution >= 0.6 is 23.4 Å². The maximum atomic E-state index is 13.2. The molecule has 0 atom stereocenters. The lowest BCUT2D eigenvalue weighted by Gasteiger charge is -2.13. The maximum Gasteiger partial charge on any atom is 0.416 e. The molecule has 0 aliphatic rings. The molecule has 0 fully saturated rings. The van der Waals surface area contributed by atoms with Crippen molar-refractivity contribution in [2.75, 3.05) is 5.75 Å². The van der Waals surface area contributed by atoms with E-state index in [1.54, 1.807) is 48.5 Å². The van der Waals surface area contributed by atoms with Crippen molar-refractivity contribution in [2.45, 2.75) is 17.9 Å². The number of nitrogens with zero attached hydrogens (tertiary/aromatic N) is 2. The van der Waals surface area contributed by atoms with Gasteiger partial charge in [-0.15, -0.1) is 0 Å². The van der Waals surface area contributed by atoms with E-state index in [1.165, 1.54) is 16.7 Å². The number of aromatic nitrogens is 2. The monoisotopic (exact) mass is 503 g/mol. The molecule has 1 N–H and O–H groups in total. The second-order valence-corrected chi connectivity index (χ2v) is 8.67. The Hall–Kier alpha value is -3.30. The Labute approximate surface area is 201 Å². The largest absolute Gasteiger partial charge is 0.416 e. The number of hydrogen-bond donors (Lipinski definition) is 1. The van der Waals surface area contributed by atoms with E-state index in [-0.39, 0.29) is 17.9 Å². The lowest BCUT2D eigenvalue weighted by Crippen LogP contribution is -2.26. The topological polar surface area (TPSA) is 64.0 Å². The fourth-order valence-corrected chi connectivity index (χ4v) is 4.32.